The summed E-state index contributed by atoms with van der Waals surface area (Å²) in [6, 6.07) is 7.36. The number of primary amides is 1. The molecule has 0 aliphatic heterocycles. The maximum atomic E-state index is 11.1. The van der Waals surface area contributed by atoms with Crippen LogP contribution in [-0.2, 0) is 4.79 Å². The van der Waals surface area contributed by atoms with Gasteiger partial charge in [-0.3, -0.25) is 9.59 Å². The molecule has 0 fully saturated rings. The van der Waals surface area contributed by atoms with Crippen LogP contribution in [0.3, 0.4) is 0 Å². The summed E-state index contributed by atoms with van der Waals surface area (Å²) in [5.41, 5.74) is 5.72. The summed E-state index contributed by atoms with van der Waals surface area (Å²) in [7, 11) is 0. The van der Waals surface area contributed by atoms with Gasteiger partial charge in [-0.2, -0.15) is 0 Å². The molecule has 4 heteroatoms. The average Bonchev–Trinajstić information content (AvgIpc) is 2.17. The summed E-state index contributed by atoms with van der Waals surface area (Å²) in [4.78, 5) is 22.6. The summed E-state index contributed by atoms with van der Waals surface area (Å²) in [6.07, 6.45) is 0.356. The average molecular weight is 223 g/mol. The number of hydrogen-bond donors (Lipinski definition) is 1. The lowest BCUT2D eigenvalue weighted by Gasteiger charge is -2.01. The lowest BCUT2D eigenvalue weighted by molar-refractivity contribution is -0.117. The zero-order chi connectivity index (χ0) is 11.3. The molecule has 80 valence electrons. The van der Waals surface area contributed by atoms with Crippen LogP contribution in [0.25, 0.3) is 0 Å². The van der Waals surface area contributed by atoms with Crippen LogP contribution in [0, 0.1) is 0 Å². The third kappa shape index (κ3) is 4.16. The predicted molar refractivity (Wildman–Crippen MR) is 61.0 cm³/mol. The quantitative estimate of drug-likeness (QED) is 0.612. The topological polar surface area (TPSA) is 60.2 Å². The number of Topliss-reactive ketones (excluding diaryl/α,β-unsaturated/α-hetero) is 1. The van der Waals surface area contributed by atoms with Gasteiger partial charge in [0, 0.05) is 22.6 Å². The van der Waals surface area contributed by atoms with Gasteiger partial charge in [0.2, 0.25) is 5.91 Å². The van der Waals surface area contributed by atoms with Gasteiger partial charge in [-0.05, 0) is 19.1 Å². The smallest absolute Gasteiger partial charge is 0.218 e. The SMILES string of the molecule is CC(=O)c1cccc(SCCC(N)=O)c1. The number of hydrogen-bond acceptors (Lipinski definition) is 3. The third-order valence-corrected chi connectivity index (χ3v) is 2.85. The van der Waals surface area contributed by atoms with Gasteiger partial charge < -0.3 is 5.73 Å². The fourth-order valence-electron chi connectivity index (χ4n) is 1.07. The number of thioether (sulfide) groups is 1. The van der Waals surface area contributed by atoms with E-state index in [0.717, 1.165) is 4.90 Å². The molecule has 3 nitrogen and oxygen atoms in total. The monoisotopic (exact) mass is 223 g/mol. The lowest BCUT2D eigenvalue weighted by Crippen LogP contribution is -2.10. The molecule has 1 amide bonds. The van der Waals surface area contributed by atoms with Crippen molar-refractivity contribution in [3.63, 3.8) is 0 Å². The van der Waals surface area contributed by atoms with Crippen molar-refractivity contribution in [1.29, 1.82) is 0 Å². The van der Waals surface area contributed by atoms with E-state index in [4.69, 9.17) is 5.73 Å². The van der Waals surface area contributed by atoms with Crippen LogP contribution in [0.4, 0.5) is 0 Å². The fourth-order valence-corrected chi connectivity index (χ4v) is 2.00. The molecule has 0 atom stereocenters. The van der Waals surface area contributed by atoms with Gasteiger partial charge in [0.1, 0.15) is 0 Å². The van der Waals surface area contributed by atoms with Crippen molar-refractivity contribution in [3.8, 4) is 0 Å². The fraction of sp³-hybridized carbons (Fsp3) is 0.273. The molecule has 1 rings (SSSR count). The number of carbonyl (C=O) groups is 2. The second kappa shape index (κ2) is 5.56. The number of ketones is 1. The van der Waals surface area contributed by atoms with E-state index in [9.17, 15) is 9.59 Å². The van der Waals surface area contributed by atoms with Crippen molar-refractivity contribution in [2.45, 2.75) is 18.2 Å². The minimum absolute atomic E-state index is 0.0485. The van der Waals surface area contributed by atoms with Crippen LogP contribution in [-0.4, -0.2) is 17.4 Å². The molecular weight excluding hydrogens is 210 g/mol. The molecule has 0 unspecified atom stereocenters. The zero-order valence-corrected chi connectivity index (χ0v) is 9.34. The molecule has 1 aromatic carbocycles. The van der Waals surface area contributed by atoms with Crippen molar-refractivity contribution in [2.24, 2.45) is 5.73 Å². The first-order valence-electron chi connectivity index (χ1n) is 4.61. The van der Waals surface area contributed by atoms with Crippen molar-refractivity contribution < 1.29 is 9.59 Å². The van der Waals surface area contributed by atoms with Gasteiger partial charge in [0.15, 0.2) is 5.78 Å². The standard InChI is InChI=1S/C11H13NO2S/c1-8(13)9-3-2-4-10(7-9)15-6-5-11(12)14/h2-4,7H,5-6H2,1H3,(H2,12,14). The van der Waals surface area contributed by atoms with Gasteiger partial charge >= 0.3 is 0 Å². The Bertz CT molecular complexity index is 377. The summed E-state index contributed by atoms with van der Waals surface area (Å²) >= 11 is 1.53. The van der Waals surface area contributed by atoms with Crippen LogP contribution in [0.5, 0.6) is 0 Å². The Labute approximate surface area is 93.0 Å². The molecule has 0 aromatic heterocycles. The van der Waals surface area contributed by atoms with E-state index >= 15 is 0 Å². The van der Waals surface area contributed by atoms with Gasteiger partial charge in [0.25, 0.3) is 0 Å². The summed E-state index contributed by atoms with van der Waals surface area (Å²) < 4.78 is 0. The molecule has 0 radical (unpaired) electrons. The molecule has 2 N–H and O–H groups in total. The Morgan fingerprint density at radius 1 is 1.40 bits per heavy atom. The van der Waals surface area contributed by atoms with Crippen LogP contribution in [0.15, 0.2) is 29.2 Å². The van der Waals surface area contributed by atoms with Crippen molar-refractivity contribution in [2.75, 3.05) is 5.75 Å². The van der Waals surface area contributed by atoms with E-state index in [-0.39, 0.29) is 11.7 Å². The van der Waals surface area contributed by atoms with Crippen LogP contribution >= 0.6 is 11.8 Å². The Hall–Kier alpha value is -1.29. The van der Waals surface area contributed by atoms with Crippen molar-refractivity contribution >= 4 is 23.5 Å². The molecule has 0 heterocycles. The molecule has 0 bridgehead atoms. The van der Waals surface area contributed by atoms with Crippen molar-refractivity contribution in [1.82, 2.24) is 0 Å². The third-order valence-electron chi connectivity index (χ3n) is 1.86. The molecule has 0 saturated carbocycles. The predicted octanol–water partition coefficient (Wildman–Crippen LogP) is 1.86. The summed E-state index contributed by atoms with van der Waals surface area (Å²) in [5.74, 6) is 0.397. The zero-order valence-electron chi connectivity index (χ0n) is 8.53. The molecule has 1 aromatic rings. The Kier molecular flexibility index (Phi) is 4.37. The molecule has 0 spiro atoms. The van der Waals surface area contributed by atoms with Crippen molar-refractivity contribution in [3.05, 3.63) is 29.8 Å². The van der Waals surface area contributed by atoms with E-state index in [1.807, 2.05) is 18.2 Å². The van der Waals surface area contributed by atoms with E-state index in [1.165, 1.54) is 18.7 Å². The number of nitrogens with two attached hydrogens (primary N) is 1. The van der Waals surface area contributed by atoms with Crippen LogP contribution in [0.2, 0.25) is 0 Å². The highest BCUT2D eigenvalue weighted by Crippen LogP contribution is 2.19. The van der Waals surface area contributed by atoms with E-state index in [2.05, 4.69) is 0 Å². The first-order valence-corrected chi connectivity index (χ1v) is 5.60. The number of benzene rings is 1. The lowest BCUT2D eigenvalue weighted by atomic mass is 10.2. The van der Waals surface area contributed by atoms with Gasteiger partial charge in [-0.25, -0.2) is 0 Å². The maximum absolute atomic E-state index is 11.1. The molecule has 0 aliphatic rings. The Balaban J connectivity index is 2.58. The van der Waals surface area contributed by atoms with E-state index in [0.29, 0.717) is 17.7 Å². The first-order chi connectivity index (χ1) is 7.09. The Morgan fingerprint density at radius 2 is 2.13 bits per heavy atom. The van der Waals surface area contributed by atoms with Crippen LogP contribution < -0.4 is 5.73 Å². The minimum atomic E-state index is -0.301. The maximum Gasteiger partial charge on any atom is 0.218 e. The highest BCUT2D eigenvalue weighted by molar-refractivity contribution is 7.99. The van der Waals surface area contributed by atoms with Gasteiger partial charge in [-0.1, -0.05) is 12.1 Å². The number of amides is 1. The first kappa shape index (κ1) is 11.8. The molecule has 0 saturated heterocycles. The highest BCUT2D eigenvalue weighted by Gasteiger charge is 2.01. The van der Waals surface area contributed by atoms with Gasteiger partial charge in [0.05, 0.1) is 0 Å². The number of rotatable bonds is 5. The van der Waals surface area contributed by atoms with E-state index in [1.54, 1.807) is 6.07 Å². The number of carbonyl (C=O) groups excluding carboxylic acids is 2. The normalized spacial score (nSPS) is 9.93. The Morgan fingerprint density at radius 3 is 2.73 bits per heavy atom. The highest BCUT2D eigenvalue weighted by atomic mass is 32.2. The van der Waals surface area contributed by atoms with E-state index < -0.39 is 0 Å². The second-order valence-electron chi connectivity index (χ2n) is 3.15. The van der Waals surface area contributed by atoms with Crippen LogP contribution in [0.1, 0.15) is 23.7 Å². The minimum Gasteiger partial charge on any atom is -0.370 e. The molecular formula is C11H13NO2S. The van der Waals surface area contributed by atoms with Gasteiger partial charge in [-0.15, -0.1) is 11.8 Å². The summed E-state index contributed by atoms with van der Waals surface area (Å²) in [6.45, 7) is 1.53. The molecule has 15 heavy (non-hydrogen) atoms. The molecule has 0 aliphatic carbocycles. The largest absolute Gasteiger partial charge is 0.370 e. The second-order valence-corrected chi connectivity index (χ2v) is 4.32. The summed E-state index contributed by atoms with van der Waals surface area (Å²) in [5, 5.41) is 0.